The van der Waals surface area contributed by atoms with E-state index in [1.54, 1.807) is 6.20 Å². The fourth-order valence-electron chi connectivity index (χ4n) is 1.59. The van der Waals surface area contributed by atoms with Gasteiger partial charge in [0.1, 0.15) is 11.6 Å². The van der Waals surface area contributed by atoms with Crippen LogP contribution in [-0.2, 0) is 6.54 Å². The lowest BCUT2D eigenvalue weighted by molar-refractivity contribution is 0.392. The highest BCUT2D eigenvalue weighted by Gasteiger charge is 2.10. The maximum absolute atomic E-state index is 5.12. The fourth-order valence-corrected chi connectivity index (χ4v) is 1.96. The molecule has 2 heterocycles. The predicted molar refractivity (Wildman–Crippen MR) is 70.0 cm³/mol. The van der Waals surface area contributed by atoms with E-state index in [-0.39, 0.29) is 0 Å². The van der Waals surface area contributed by atoms with Crippen LogP contribution < -0.4 is 5.32 Å². The first-order chi connectivity index (χ1) is 8.09. The molecule has 1 N–H and O–H groups in total. The number of hydrogen-bond donors (Lipinski definition) is 1. The van der Waals surface area contributed by atoms with E-state index in [0.717, 1.165) is 32.9 Å². The van der Waals surface area contributed by atoms with Crippen LogP contribution >= 0.6 is 15.9 Å². The zero-order valence-electron chi connectivity index (χ0n) is 10.0. The van der Waals surface area contributed by atoms with E-state index >= 15 is 0 Å². The van der Waals surface area contributed by atoms with E-state index in [2.05, 4.69) is 31.4 Å². The summed E-state index contributed by atoms with van der Waals surface area (Å²) in [5.41, 5.74) is 3.15. The maximum Gasteiger partial charge on any atom is 0.140 e. The summed E-state index contributed by atoms with van der Waals surface area (Å²) in [5.74, 6) is 1.68. The molecule has 2 aromatic rings. The normalized spacial score (nSPS) is 10.6. The first-order valence-corrected chi connectivity index (χ1v) is 6.15. The van der Waals surface area contributed by atoms with Gasteiger partial charge in [-0.05, 0) is 48.3 Å². The first-order valence-electron chi connectivity index (χ1n) is 5.36. The van der Waals surface area contributed by atoms with Gasteiger partial charge in [0.25, 0.3) is 0 Å². The topological polar surface area (TPSA) is 51.0 Å². The molecule has 2 aromatic heterocycles. The molecule has 90 valence electrons. The van der Waals surface area contributed by atoms with Crippen LogP contribution in [0, 0.1) is 20.8 Å². The molecule has 0 spiro atoms. The summed E-state index contributed by atoms with van der Waals surface area (Å²) in [5, 5.41) is 7.20. The quantitative estimate of drug-likeness (QED) is 0.943. The zero-order valence-corrected chi connectivity index (χ0v) is 11.6. The molecule has 4 nitrogen and oxygen atoms in total. The molecule has 17 heavy (non-hydrogen) atoms. The van der Waals surface area contributed by atoms with Gasteiger partial charge in [0.05, 0.1) is 10.2 Å². The molecular weight excluding hydrogens is 282 g/mol. The predicted octanol–water partition coefficient (Wildman–Crippen LogP) is 3.37. The molecular formula is C12H14BrN3O. The zero-order chi connectivity index (χ0) is 12.4. The molecule has 0 unspecified atom stereocenters. The number of halogens is 1. The summed E-state index contributed by atoms with van der Waals surface area (Å²) >= 11 is 3.52. The van der Waals surface area contributed by atoms with Gasteiger partial charge in [0.15, 0.2) is 0 Å². The lowest BCUT2D eigenvalue weighted by atomic mass is 10.2. The molecule has 0 aliphatic carbocycles. The minimum atomic E-state index is 0.663. The van der Waals surface area contributed by atoms with Gasteiger partial charge < -0.3 is 9.84 Å². The molecule has 0 atom stereocenters. The van der Waals surface area contributed by atoms with Crippen molar-refractivity contribution >= 4 is 21.7 Å². The molecule has 0 radical (unpaired) electrons. The summed E-state index contributed by atoms with van der Waals surface area (Å²) in [6.07, 6.45) is 1.79. The number of nitrogens with one attached hydrogen (secondary N) is 1. The Bertz CT molecular complexity index is 517. The van der Waals surface area contributed by atoms with Crippen LogP contribution in [0.2, 0.25) is 0 Å². The molecule has 0 aliphatic rings. The Kier molecular flexibility index (Phi) is 3.47. The van der Waals surface area contributed by atoms with Crippen LogP contribution in [0.5, 0.6) is 0 Å². The molecule has 0 saturated carbocycles. The van der Waals surface area contributed by atoms with E-state index in [1.807, 2.05) is 26.8 Å². The van der Waals surface area contributed by atoms with Crippen molar-refractivity contribution in [3.8, 4) is 0 Å². The van der Waals surface area contributed by atoms with Gasteiger partial charge in [0.2, 0.25) is 0 Å². The largest absolute Gasteiger partial charge is 0.365 e. The highest BCUT2D eigenvalue weighted by molar-refractivity contribution is 9.10. The van der Waals surface area contributed by atoms with Gasteiger partial charge in [-0.2, -0.15) is 0 Å². The highest BCUT2D eigenvalue weighted by atomic mass is 79.9. The van der Waals surface area contributed by atoms with Gasteiger partial charge in [-0.25, -0.2) is 4.98 Å². The highest BCUT2D eigenvalue weighted by Crippen LogP contribution is 2.24. The Morgan fingerprint density at radius 2 is 2.12 bits per heavy atom. The van der Waals surface area contributed by atoms with Crippen LogP contribution in [0.1, 0.15) is 22.6 Å². The average Bonchev–Trinajstić information content (AvgIpc) is 2.62. The second kappa shape index (κ2) is 4.87. The van der Waals surface area contributed by atoms with Crippen molar-refractivity contribution in [3.63, 3.8) is 0 Å². The van der Waals surface area contributed by atoms with E-state index in [1.165, 1.54) is 0 Å². The van der Waals surface area contributed by atoms with E-state index < -0.39 is 0 Å². The van der Waals surface area contributed by atoms with Crippen molar-refractivity contribution in [3.05, 3.63) is 39.3 Å². The molecule has 0 fully saturated rings. The van der Waals surface area contributed by atoms with Crippen molar-refractivity contribution in [1.82, 2.24) is 10.1 Å². The van der Waals surface area contributed by atoms with Crippen LogP contribution in [0.4, 0.5) is 5.82 Å². The number of anilines is 1. The van der Waals surface area contributed by atoms with Crippen molar-refractivity contribution in [2.45, 2.75) is 27.3 Å². The standard InChI is InChI=1S/C12H14BrN3O/c1-7-4-5-14-12(11(7)13)15-6-10-8(2)16-17-9(10)3/h4-5H,6H2,1-3H3,(H,14,15). The number of aromatic nitrogens is 2. The number of aryl methyl sites for hydroxylation is 3. The Morgan fingerprint density at radius 1 is 1.35 bits per heavy atom. The molecule has 0 aromatic carbocycles. The smallest absolute Gasteiger partial charge is 0.140 e. The molecule has 5 heteroatoms. The molecule has 0 bridgehead atoms. The Labute approximate surface area is 109 Å². The van der Waals surface area contributed by atoms with Crippen molar-refractivity contribution in [2.75, 3.05) is 5.32 Å². The number of nitrogens with zero attached hydrogens (tertiary/aromatic N) is 2. The summed E-state index contributed by atoms with van der Waals surface area (Å²) in [7, 11) is 0. The average molecular weight is 296 g/mol. The number of pyridine rings is 1. The third-order valence-corrected chi connectivity index (χ3v) is 3.70. The second-order valence-corrected chi connectivity index (χ2v) is 4.74. The van der Waals surface area contributed by atoms with Gasteiger partial charge >= 0.3 is 0 Å². The van der Waals surface area contributed by atoms with Crippen LogP contribution in [-0.4, -0.2) is 10.1 Å². The van der Waals surface area contributed by atoms with E-state index in [0.29, 0.717) is 6.54 Å². The minimum Gasteiger partial charge on any atom is -0.365 e. The molecule has 0 amide bonds. The minimum absolute atomic E-state index is 0.663. The summed E-state index contributed by atoms with van der Waals surface area (Å²) < 4.78 is 6.11. The fraction of sp³-hybridized carbons (Fsp3) is 0.333. The monoisotopic (exact) mass is 295 g/mol. The Morgan fingerprint density at radius 3 is 2.76 bits per heavy atom. The number of rotatable bonds is 3. The lowest BCUT2D eigenvalue weighted by Crippen LogP contribution is -2.04. The van der Waals surface area contributed by atoms with Gasteiger partial charge in [-0.3, -0.25) is 0 Å². The molecule has 2 rings (SSSR count). The Hall–Kier alpha value is -1.36. The maximum atomic E-state index is 5.12. The van der Waals surface area contributed by atoms with E-state index in [4.69, 9.17) is 4.52 Å². The second-order valence-electron chi connectivity index (χ2n) is 3.95. The lowest BCUT2D eigenvalue weighted by Gasteiger charge is -2.08. The summed E-state index contributed by atoms with van der Waals surface area (Å²) in [6, 6.07) is 1.96. The van der Waals surface area contributed by atoms with Crippen LogP contribution in [0.3, 0.4) is 0 Å². The van der Waals surface area contributed by atoms with Gasteiger partial charge in [-0.1, -0.05) is 5.16 Å². The number of hydrogen-bond acceptors (Lipinski definition) is 4. The van der Waals surface area contributed by atoms with Crippen LogP contribution in [0.25, 0.3) is 0 Å². The third-order valence-electron chi connectivity index (χ3n) is 2.70. The first kappa shape index (κ1) is 12.1. The van der Waals surface area contributed by atoms with Crippen molar-refractivity contribution in [2.24, 2.45) is 0 Å². The SMILES string of the molecule is Cc1ccnc(NCc2c(C)noc2C)c1Br. The van der Waals surface area contributed by atoms with E-state index in [9.17, 15) is 0 Å². The van der Waals surface area contributed by atoms with Gasteiger partial charge in [0, 0.05) is 18.3 Å². The molecule has 0 aliphatic heterocycles. The van der Waals surface area contributed by atoms with Crippen molar-refractivity contribution < 1.29 is 4.52 Å². The molecule has 0 saturated heterocycles. The third kappa shape index (κ3) is 2.49. The van der Waals surface area contributed by atoms with Crippen molar-refractivity contribution in [1.29, 1.82) is 0 Å². The summed E-state index contributed by atoms with van der Waals surface area (Å²) in [4.78, 5) is 4.29. The van der Waals surface area contributed by atoms with Gasteiger partial charge in [-0.15, -0.1) is 0 Å². The summed E-state index contributed by atoms with van der Waals surface area (Å²) in [6.45, 7) is 6.55. The van der Waals surface area contributed by atoms with Crippen LogP contribution in [0.15, 0.2) is 21.3 Å². The Balaban J connectivity index is 2.15.